The molecule has 24 heteroatoms. The van der Waals surface area contributed by atoms with E-state index >= 15 is 0 Å². The minimum absolute atomic E-state index is 0.0233. The number of ether oxygens (including phenoxy) is 9. The fraction of sp³-hybridized carbons (Fsp3) is 0.678. The number of carbonyl (C=O) groups is 10. The topological polar surface area (TPSA) is 321 Å². The molecule has 2 saturated carbocycles. The molecular formula is C87H124N2O22. The van der Waals surface area contributed by atoms with Gasteiger partial charge in [-0.3, -0.25) is 38.4 Å². The summed E-state index contributed by atoms with van der Waals surface area (Å²) in [4.78, 5) is 144. The molecule has 111 heavy (non-hydrogen) atoms. The van der Waals surface area contributed by atoms with Crippen LogP contribution in [0, 0.1) is 52.3 Å². The number of unbranched alkanes of at least 4 members (excludes halogenated alkanes) is 3. The highest BCUT2D eigenvalue weighted by atomic mass is 16.6. The molecule has 4 heterocycles. The predicted octanol–water partition coefficient (Wildman–Crippen LogP) is 11.9. The number of aliphatic hydroxyl groups is 3. The summed E-state index contributed by atoms with van der Waals surface area (Å²) in [6.07, 6.45) is 17.3. The van der Waals surface area contributed by atoms with Gasteiger partial charge in [0.2, 0.25) is 11.6 Å². The Bertz CT molecular complexity index is 3640. The summed E-state index contributed by atoms with van der Waals surface area (Å²) >= 11 is 0. The largest absolute Gasteiger partial charge is 0.504 e. The smallest absolute Gasteiger partial charge is 0.340 e. The number of nitrogens with zero attached hydrogens (tertiary/aromatic N) is 2. The summed E-state index contributed by atoms with van der Waals surface area (Å²) in [5.41, 5.74) is -0.428. The van der Waals surface area contributed by atoms with Crippen LogP contribution < -0.4 is 0 Å². The molecule has 0 radical (unpaired) electrons. The van der Waals surface area contributed by atoms with Crippen LogP contribution in [0.4, 0.5) is 0 Å². The van der Waals surface area contributed by atoms with Gasteiger partial charge in [-0.1, -0.05) is 103 Å². The molecule has 2 bridgehead atoms. The normalized spacial score (nSPS) is 36.0. The maximum Gasteiger partial charge on any atom is 0.340 e. The number of hydrogen-bond donors (Lipinski definition) is 3. The molecule has 0 spiro atoms. The standard InChI is InChI=1S/C87H124N2O22/c1-16-40-88(41-17-2)49-62-74-79(97)78(96)73-63-38-39-69(85(63,11)48-68(106-58(10)90)75(73)86(74,12)70(50-103-13)110-83(62)100)109-72(93)31-24-19-18-23-30-71(92)107-60-36-33-59(34-37-60)45-54(6)67-47-65(91)53(5)44-56(8)77(95)80(105-15)76(94)55(7)43-51(3)27-21-20-22-28-52(4)66(104-14)46-61-35-32-57(9)87(102,111-61)81(98)82(99)89-42-26-25-29-64(89)84(101)108-67/h16-17,20-22,27-28,44,49,51,53-55,57,59-61,63-64,66-70,77,80,95,97,102H,1-2,18-19,23-26,29-43,45-48,50H2,3-15H3/b22-20+,27-21+,52-28+,56-44+,62-49-/t51-,53-,54-,55-,57-,59?,60?,61+,63+,64+,66+,67+,68-,69+,70-,77-,80+,85+,86+,87-/m1/s1. The molecule has 24 nitrogen and oxygen atoms in total. The first kappa shape index (κ1) is 89.1. The second-order valence-corrected chi connectivity index (χ2v) is 33.0. The van der Waals surface area contributed by atoms with Gasteiger partial charge in [-0.05, 0) is 164 Å². The number of aliphatic hydroxyl groups excluding tert-OH is 2. The molecule has 0 aromatic rings. The molecule has 614 valence electrons. The highest BCUT2D eigenvalue weighted by molar-refractivity contribution is 6.39. The zero-order chi connectivity index (χ0) is 81.4. The number of rotatable bonds is 22. The van der Waals surface area contributed by atoms with E-state index in [4.69, 9.17) is 42.6 Å². The van der Waals surface area contributed by atoms with Crippen LogP contribution in [-0.4, -0.2) is 198 Å². The van der Waals surface area contributed by atoms with Crippen LogP contribution in [0.2, 0.25) is 0 Å². The average Bonchev–Trinajstić information content (AvgIpc) is 1.68. The monoisotopic (exact) mass is 1550 g/mol. The summed E-state index contributed by atoms with van der Waals surface area (Å²) in [5, 5.41) is 35.9. The quantitative estimate of drug-likeness (QED) is 0.0226. The molecule has 18 atom stereocenters. The van der Waals surface area contributed by atoms with Gasteiger partial charge in [0, 0.05) is 114 Å². The zero-order valence-electron chi connectivity index (χ0n) is 67.8. The molecule has 4 aliphatic carbocycles. The Morgan fingerprint density at radius 3 is 2.10 bits per heavy atom. The Hall–Kier alpha value is -7.48. The van der Waals surface area contributed by atoms with Crippen LogP contribution in [0.3, 0.4) is 0 Å². The van der Waals surface area contributed by atoms with E-state index in [1.807, 2.05) is 58.1 Å². The number of Topliss-reactive ketones (excluding diaryl/α,β-unsaturated/α-hetero) is 4. The molecule has 3 N–H and O–H groups in total. The van der Waals surface area contributed by atoms with Gasteiger partial charge in [0.05, 0.1) is 29.8 Å². The fourth-order valence-electron chi connectivity index (χ4n) is 18.4. The maximum absolute atomic E-state index is 14.8. The van der Waals surface area contributed by atoms with E-state index in [0.717, 1.165) is 5.57 Å². The van der Waals surface area contributed by atoms with Crippen molar-refractivity contribution in [3.63, 3.8) is 0 Å². The first-order chi connectivity index (χ1) is 52.7. The predicted molar refractivity (Wildman–Crippen MR) is 413 cm³/mol. The minimum atomic E-state index is -2.49. The van der Waals surface area contributed by atoms with Crippen LogP contribution in [0.1, 0.15) is 210 Å². The number of amides is 1. The Kier molecular flexibility index (Phi) is 32.1. The first-order valence-corrected chi connectivity index (χ1v) is 40.3. The summed E-state index contributed by atoms with van der Waals surface area (Å²) < 4.78 is 54.2. The number of piperidine rings is 1. The summed E-state index contributed by atoms with van der Waals surface area (Å²) in [6.45, 7) is 25.7. The third-order valence-corrected chi connectivity index (χ3v) is 24.8. The molecule has 0 aromatic heterocycles. The van der Waals surface area contributed by atoms with Gasteiger partial charge >= 0.3 is 29.8 Å². The Morgan fingerprint density at radius 1 is 0.784 bits per heavy atom. The van der Waals surface area contributed by atoms with E-state index < -0.39 is 148 Å². The van der Waals surface area contributed by atoms with Gasteiger partial charge in [-0.25, -0.2) is 9.59 Å². The Balaban J connectivity index is 0.872. The van der Waals surface area contributed by atoms with E-state index in [9.17, 15) is 63.3 Å². The summed E-state index contributed by atoms with van der Waals surface area (Å²) in [7, 11) is 4.38. The van der Waals surface area contributed by atoms with Crippen molar-refractivity contribution in [1.82, 2.24) is 9.80 Å². The number of esters is 5. The number of cyclic esters (lactones) is 2. The fourth-order valence-corrected chi connectivity index (χ4v) is 18.4. The third-order valence-electron chi connectivity index (χ3n) is 24.8. The number of ketones is 4. The SMILES string of the molecule is C=CCN(/C=C1\C(=O)O[C@H](COC)[C@@]2(C)C1=C(O)C(=O)C1=C2[C@H](OC(C)=O)C[C@]2(C)[C@@H](OC(=O)CCCCCCC(=O)OC3CCC(C[C@@H](C)[C@@H]4CC(=O)[C@H](C)/C=C(\C)[C@@H](O)[C@@H](OC)C(=O)[C@H](C)C[C@H](C)/C=C/C=C/C=C(\C)[C@@H](OC)C[C@@H]5CC[C@@H](C)[C@@](O)(O5)C(=O)C(=O)N5CCCC[C@H]5C(=O)O4)CC3)CC[C@@H]12)CC=C. The average molecular weight is 1550 g/mol. The lowest BCUT2D eigenvalue weighted by Crippen LogP contribution is -2.61. The van der Waals surface area contributed by atoms with E-state index in [2.05, 4.69) is 13.2 Å². The van der Waals surface area contributed by atoms with Crippen molar-refractivity contribution in [1.29, 1.82) is 0 Å². The molecule has 1 amide bonds. The van der Waals surface area contributed by atoms with E-state index in [1.165, 1.54) is 32.2 Å². The van der Waals surface area contributed by atoms with Crippen molar-refractivity contribution in [2.45, 2.75) is 277 Å². The molecule has 3 saturated heterocycles. The number of carbonyl (C=O) groups excluding carboxylic acids is 10. The lowest BCUT2D eigenvalue weighted by Gasteiger charge is -2.54. The molecule has 5 fully saturated rings. The van der Waals surface area contributed by atoms with Gasteiger partial charge < -0.3 is 67.8 Å². The third kappa shape index (κ3) is 21.1. The lowest BCUT2D eigenvalue weighted by molar-refractivity contribution is -0.265. The second-order valence-electron chi connectivity index (χ2n) is 33.0. The van der Waals surface area contributed by atoms with Crippen molar-refractivity contribution in [2.24, 2.45) is 52.3 Å². The van der Waals surface area contributed by atoms with Crippen molar-refractivity contribution in [2.75, 3.05) is 47.6 Å². The summed E-state index contributed by atoms with van der Waals surface area (Å²) in [6, 6.07) is -1.21. The van der Waals surface area contributed by atoms with Crippen molar-refractivity contribution >= 4 is 58.9 Å². The van der Waals surface area contributed by atoms with Crippen molar-refractivity contribution in [3.8, 4) is 0 Å². The molecule has 8 aliphatic rings. The minimum Gasteiger partial charge on any atom is -0.504 e. The van der Waals surface area contributed by atoms with Crippen LogP contribution in [0.15, 0.2) is 107 Å². The first-order valence-electron chi connectivity index (χ1n) is 40.3. The number of fused-ring (bicyclic) bond motifs is 7. The van der Waals surface area contributed by atoms with Gasteiger partial charge in [0.15, 0.2) is 11.5 Å². The summed E-state index contributed by atoms with van der Waals surface area (Å²) in [5.74, 6) is -12.5. The number of allylic oxidation sites excluding steroid dienone is 7. The molecule has 0 aromatic carbocycles. The second kappa shape index (κ2) is 40.0. The van der Waals surface area contributed by atoms with Gasteiger partial charge in [0.25, 0.3) is 11.7 Å². The zero-order valence-corrected chi connectivity index (χ0v) is 67.8. The van der Waals surface area contributed by atoms with Crippen molar-refractivity contribution < 1.29 is 106 Å². The highest BCUT2D eigenvalue weighted by Crippen LogP contribution is 2.64. The van der Waals surface area contributed by atoms with Crippen LogP contribution >= 0.6 is 0 Å². The maximum atomic E-state index is 14.8. The highest BCUT2D eigenvalue weighted by Gasteiger charge is 2.65. The molecule has 8 rings (SSSR count). The van der Waals surface area contributed by atoms with E-state index in [1.54, 1.807) is 64.9 Å². The Labute approximate surface area is 655 Å². The number of hydrogen-bond acceptors (Lipinski definition) is 23. The molecular weight excluding hydrogens is 1420 g/mol. The lowest BCUT2D eigenvalue weighted by atomic mass is 9.53. The van der Waals surface area contributed by atoms with E-state index in [-0.39, 0.29) is 104 Å². The van der Waals surface area contributed by atoms with E-state index in [0.29, 0.717) is 127 Å². The molecule has 4 aliphatic heterocycles. The van der Waals surface area contributed by atoms with Gasteiger partial charge in [-0.15, -0.1) is 13.2 Å². The van der Waals surface area contributed by atoms with Crippen LogP contribution in [0.5, 0.6) is 0 Å². The van der Waals surface area contributed by atoms with Gasteiger partial charge in [0.1, 0.15) is 54.6 Å². The van der Waals surface area contributed by atoms with Crippen LogP contribution in [-0.2, 0) is 90.6 Å². The molecule has 0 unspecified atom stereocenters. The van der Waals surface area contributed by atoms with Gasteiger partial charge in [-0.2, -0.15) is 0 Å². The Morgan fingerprint density at radius 2 is 1.46 bits per heavy atom. The number of methoxy groups -OCH3 is 3. The van der Waals surface area contributed by atoms with Crippen LogP contribution in [0.25, 0.3) is 0 Å². The van der Waals surface area contributed by atoms with Crippen molar-refractivity contribution in [3.05, 3.63) is 107 Å².